The molecule has 4 nitrogen and oxygen atoms in total. The maximum atomic E-state index is 9.43. The third-order valence-electron chi connectivity index (χ3n) is 4.66. The maximum Gasteiger partial charge on any atom is 0.122 e. The smallest absolute Gasteiger partial charge is 0.122 e. The second-order valence-electron chi connectivity index (χ2n) is 5.90. The van der Waals surface area contributed by atoms with E-state index in [-0.39, 0.29) is 12.6 Å². The Hall–Kier alpha value is -1.10. The van der Waals surface area contributed by atoms with Gasteiger partial charge in [0, 0.05) is 31.7 Å². The Kier molecular flexibility index (Phi) is 4.24. The molecule has 1 fully saturated rings. The second kappa shape index (κ2) is 6.12. The summed E-state index contributed by atoms with van der Waals surface area (Å²) in [6.45, 7) is 1.63. The van der Waals surface area contributed by atoms with Gasteiger partial charge in [0.25, 0.3) is 0 Å². The van der Waals surface area contributed by atoms with Crippen molar-refractivity contribution in [1.82, 2.24) is 5.32 Å². The SMILES string of the molecule is NCC(NC1CCCC1CO)c1ccc2c(c1)CCO2. The first-order valence-corrected chi connectivity index (χ1v) is 7.64. The van der Waals surface area contributed by atoms with E-state index in [4.69, 9.17) is 10.5 Å². The largest absolute Gasteiger partial charge is 0.493 e. The number of aliphatic hydroxyl groups is 1. The molecule has 0 aromatic heterocycles. The van der Waals surface area contributed by atoms with Crippen LogP contribution < -0.4 is 15.8 Å². The monoisotopic (exact) mass is 276 g/mol. The van der Waals surface area contributed by atoms with Crippen LogP contribution in [-0.4, -0.2) is 30.9 Å². The van der Waals surface area contributed by atoms with Crippen molar-refractivity contribution < 1.29 is 9.84 Å². The van der Waals surface area contributed by atoms with Crippen LogP contribution in [0.2, 0.25) is 0 Å². The molecule has 0 saturated heterocycles. The molecule has 110 valence electrons. The van der Waals surface area contributed by atoms with E-state index in [0.717, 1.165) is 31.6 Å². The predicted octanol–water partition coefficient (Wildman–Crippen LogP) is 1.37. The van der Waals surface area contributed by atoms with Crippen LogP contribution >= 0.6 is 0 Å². The molecule has 1 saturated carbocycles. The molecule has 0 bridgehead atoms. The van der Waals surface area contributed by atoms with Crippen molar-refractivity contribution >= 4 is 0 Å². The Balaban J connectivity index is 1.73. The second-order valence-corrected chi connectivity index (χ2v) is 5.90. The number of fused-ring (bicyclic) bond motifs is 1. The summed E-state index contributed by atoms with van der Waals surface area (Å²) in [4.78, 5) is 0. The Morgan fingerprint density at radius 1 is 1.40 bits per heavy atom. The Morgan fingerprint density at radius 2 is 2.30 bits per heavy atom. The third-order valence-corrected chi connectivity index (χ3v) is 4.66. The van der Waals surface area contributed by atoms with Crippen molar-refractivity contribution in [2.24, 2.45) is 11.7 Å². The molecule has 1 aliphatic heterocycles. The van der Waals surface area contributed by atoms with Crippen LogP contribution in [0.5, 0.6) is 5.75 Å². The first-order valence-electron chi connectivity index (χ1n) is 7.64. The fraction of sp³-hybridized carbons (Fsp3) is 0.625. The van der Waals surface area contributed by atoms with Gasteiger partial charge in [-0.3, -0.25) is 0 Å². The molecule has 1 aromatic rings. The molecular formula is C16H24N2O2. The van der Waals surface area contributed by atoms with Gasteiger partial charge in [0.1, 0.15) is 5.75 Å². The van der Waals surface area contributed by atoms with Crippen LogP contribution in [0.15, 0.2) is 18.2 Å². The molecule has 20 heavy (non-hydrogen) atoms. The summed E-state index contributed by atoms with van der Waals surface area (Å²) in [7, 11) is 0. The summed E-state index contributed by atoms with van der Waals surface area (Å²) in [6.07, 6.45) is 4.43. The highest BCUT2D eigenvalue weighted by atomic mass is 16.5. The number of hydrogen-bond acceptors (Lipinski definition) is 4. The highest BCUT2D eigenvalue weighted by Crippen LogP contribution is 2.30. The molecule has 2 aliphatic rings. The van der Waals surface area contributed by atoms with Gasteiger partial charge in [0.05, 0.1) is 6.61 Å². The summed E-state index contributed by atoms with van der Waals surface area (Å²) < 4.78 is 5.55. The minimum Gasteiger partial charge on any atom is -0.493 e. The zero-order valence-electron chi connectivity index (χ0n) is 11.8. The zero-order valence-corrected chi connectivity index (χ0v) is 11.8. The van der Waals surface area contributed by atoms with Crippen LogP contribution in [-0.2, 0) is 6.42 Å². The van der Waals surface area contributed by atoms with E-state index in [1.807, 2.05) is 0 Å². The molecule has 1 aliphatic carbocycles. The first-order chi connectivity index (χ1) is 9.81. The average molecular weight is 276 g/mol. The predicted molar refractivity (Wildman–Crippen MR) is 78.8 cm³/mol. The fourth-order valence-corrected chi connectivity index (χ4v) is 3.46. The number of ether oxygens (including phenoxy) is 1. The van der Waals surface area contributed by atoms with Crippen LogP contribution in [0.3, 0.4) is 0 Å². The summed E-state index contributed by atoms with van der Waals surface area (Å²) in [5.74, 6) is 1.39. The average Bonchev–Trinajstić information content (AvgIpc) is 3.12. The number of rotatable bonds is 5. The molecule has 4 N–H and O–H groups in total. The zero-order chi connectivity index (χ0) is 13.9. The summed E-state index contributed by atoms with van der Waals surface area (Å²) >= 11 is 0. The Labute approximate surface area is 120 Å². The van der Waals surface area contributed by atoms with Crippen molar-refractivity contribution in [1.29, 1.82) is 0 Å². The van der Waals surface area contributed by atoms with Gasteiger partial charge in [-0.05, 0) is 36.0 Å². The van der Waals surface area contributed by atoms with Gasteiger partial charge >= 0.3 is 0 Å². The van der Waals surface area contributed by atoms with E-state index >= 15 is 0 Å². The molecule has 0 amide bonds. The third kappa shape index (κ3) is 2.68. The summed E-state index contributed by atoms with van der Waals surface area (Å²) in [5, 5.41) is 13.1. The Morgan fingerprint density at radius 3 is 3.10 bits per heavy atom. The molecule has 3 unspecified atom stereocenters. The van der Waals surface area contributed by atoms with E-state index in [9.17, 15) is 5.11 Å². The first kappa shape index (κ1) is 13.9. The highest BCUT2D eigenvalue weighted by Gasteiger charge is 2.28. The molecule has 1 aromatic carbocycles. The number of aliphatic hydroxyl groups excluding tert-OH is 1. The van der Waals surface area contributed by atoms with Crippen LogP contribution in [0.25, 0.3) is 0 Å². The molecule has 3 atom stereocenters. The normalized spacial score (nSPS) is 26.3. The molecule has 1 heterocycles. The van der Waals surface area contributed by atoms with Gasteiger partial charge in [-0.1, -0.05) is 18.6 Å². The number of benzene rings is 1. The lowest BCUT2D eigenvalue weighted by Crippen LogP contribution is -2.39. The molecular weight excluding hydrogens is 252 g/mol. The minimum absolute atomic E-state index is 0.165. The van der Waals surface area contributed by atoms with Gasteiger partial charge in [-0.15, -0.1) is 0 Å². The van der Waals surface area contributed by atoms with Crippen molar-refractivity contribution in [2.45, 2.75) is 37.8 Å². The summed E-state index contributed by atoms with van der Waals surface area (Å²) in [6, 6.07) is 6.93. The summed E-state index contributed by atoms with van der Waals surface area (Å²) in [5.41, 5.74) is 8.48. The van der Waals surface area contributed by atoms with Gasteiger partial charge < -0.3 is 20.9 Å². The molecule has 0 spiro atoms. The van der Waals surface area contributed by atoms with Gasteiger partial charge in [-0.25, -0.2) is 0 Å². The maximum absolute atomic E-state index is 9.43. The van der Waals surface area contributed by atoms with E-state index < -0.39 is 0 Å². The topological polar surface area (TPSA) is 67.5 Å². The molecule has 3 rings (SSSR count). The van der Waals surface area contributed by atoms with Gasteiger partial charge in [-0.2, -0.15) is 0 Å². The number of hydrogen-bond donors (Lipinski definition) is 3. The van der Waals surface area contributed by atoms with E-state index in [1.54, 1.807) is 0 Å². The van der Waals surface area contributed by atoms with Crippen LogP contribution in [0.4, 0.5) is 0 Å². The lowest BCUT2D eigenvalue weighted by Gasteiger charge is -2.26. The Bertz CT molecular complexity index is 464. The van der Waals surface area contributed by atoms with Crippen molar-refractivity contribution in [3.63, 3.8) is 0 Å². The van der Waals surface area contributed by atoms with E-state index in [1.165, 1.54) is 17.5 Å². The lowest BCUT2D eigenvalue weighted by molar-refractivity contribution is 0.200. The van der Waals surface area contributed by atoms with Crippen molar-refractivity contribution in [3.8, 4) is 5.75 Å². The van der Waals surface area contributed by atoms with Crippen molar-refractivity contribution in [3.05, 3.63) is 29.3 Å². The van der Waals surface area contributed by atoms with E-state index in [0.29, 0.717) is 18.5 Å². The van der Waals surface area contributed by atoms with E-state index in [2.05, 4.69) is 23.5 Å². The molecule has 4 heteroatoms. The number of nitrogens with two attached hydrogens (primary N) is 1. The minimum atomic E-state index is 0.165. The van der Waals surface area contributed by atoms with Crippen LogP contribution in [0.1, 0.15) is 36.4 Å². The highest BCUT2D eigenvalue weighted by molar-refractivity contribution is 5.40. The fourth-order valence-electron chi connectivity index (χ4n) is 3.46. The van der Waals surface area contributed by atoms with Gasteiger partial charge in [0.2, 0.25) is 0 Å². The number of nitrogens with one attached hydrogen (secondary N) is 1. The standard InChI is InChI=1S/C16H24N2O2/c17-9-15(18-14-3-1-2-13(14)10-19)11-4-5-16-12(8-11)6-7-20-16/h4-5,8,13-15,18-19H,1-3,6-7,9-10,17H2. The quantitative estimate of drug-likeness (QED) is 0.760. The van der Waals surface area contributed by atoms with Crippen molar-refractivity contribution in [2.75, 3.05) is 19.8 Å². The van der Waals surface area contributed by atoms with Gasteiger partial charge in [0.15, 0.2) is 0 Å². The van der Waals surface area contributed by atoms with Crippen LogP contribution in [0, 0.1) is 5.92 Å². The molecule has 0 radical (unpaired) electrons. The lowest BCUT2D eigenvalue weighted by atomic mass is 9.99.